The minimum atomic E-state index is -0.859. The summed E-state index contributed by atoms with van der Waals surface area (Å²) < 4.78 is 0. The summed E-state index contributed by atoms with van der Waals surface area (Å²) in [7, 11) is 0. The number of carboxylic acids is 1. The molecular weight excluding hydrogens is 356 g/mol. The minimum absolute atomic E-state index is 0.112. The third kappa shape index (κ3) is 4.47. The van der Waals surface area contributed by atoms with Crippen LogP contribution in [0, 0.1) is 5.92 Å². The first-order chi connectivity index (χ1) is 13.0. The van der Waals surface area contributed by atoms with Gasteiger partial charge < -0.3 is 5.11 Å². The number of carboxylic acid groups (broad SMARTS) is 1. The predicted octanol–water partition coefficient (Wildman–Crippen LogP) is 5.03. The Bertz CT molecular complexity index is 770. The molecule has 0 saturated heterocycles. The SMILES string of the molecule is CC(c1ccccc1)C(C)C(C1=CCCC1)N(N)C1=CCC(C(=O)O)=CS1. The number of nitrogens with zero attached hydrogens (tertiary/aromatic N) is 1. The Morgan fingerprint density at radius 1 is 1.22 bits per heavy atom. The number of hydrazine groups is 1. The van der Waals surface area contributed by atoms with Gasteiger partial charge in [0.2, 0.25) is 0 Å². The maximum atomic E-state index is 11.2. The van der Waals surface area contributed by atoms with E-state index in [2.05, 4.69) is 44.2 Å². The predicted molar refractivity (Wildman–Crippen MR) is 112 cm³/mol. The van der Waals surface area contributed by atoms with Crippen molar-refractivity contribution in [3.63, 3.8) is 0 Å². The zero-order valence-electron chi connectivity index (χ0n) is 16.0. The highest BCUT2D eigenvalue weighted by Gasteiger charge is 2.33. The molecule has 3 atom stereocenters. The minimum Gasteiger partial charge on any atom is -0.478 e. The lowest BCUT2D eigenvalue weighted by molar-refractivity contribution is -0.132. The summed E-state index contributed by atoms with van der Waals surface area (Å²) in [5.41, 5.74) is 3.14. The van der Waals surface area contributed by atoms with Gasteiger partial charge in [-0.05, 0) is 48.1 Å². The molecule has 0 spiro atoms. The van der Waals surface area contributed by atoms with Crippen LogP contribution in [0.25, 0.3) is 0 Å². The fourth-order valence-corrected chi connectivity index (χ4v) is 4.81. The number of hydrogen-bond acceptors (Lipinski definition) is 4. The zero-order valence-corrected chi connectivity index (χ0v) is 16.8. The highest BCUT2D eigenvalue weighted by Crippen LogP contribution is 2.39. The Kier molecular flexibility index (Phi) is 6.45. The molecule has 3 N–H and O–H groups in total. The fraction of sp³-hybridized carbons (Fsp3) is 0.409. The van der Waals surface area contributed by atoms with Crippen LogP contribution >= 0.6 is 11.8 Å². The van der Waals surface area contributed by atoms with Gasteiger partial charge in [0, 0.05) is 12.0 Å². The van der Waals surface area contributed by atoms with Gasteiger partial charge in [-0.3, -0.25) is 5.01 Å². The van der Waals surface area contributed by atoms with E-state index in [9.17, 15) is 4.79 Å². The van der Waals surface area contributed by atoms with Gasteiger partial charge in [0.25, 0.3) is 0 Å². The monoisotopic (exact) mass is 384 g/mol. The number of thioether (sulfide) groups is 1. The fourth-order valence-electron chi connectivity index (χ4n) is 3.93. The number of hydrogen-bond donors (Lipinski definition) is 2. The van der Waals surface area contributed by atoms with E-state index in [4.69, 9.17) is 10.9 Å². The number of rotatable bonds is 7. The van der Waals surface area contributed by atoms with E-state index in [1.807, 2.05) is 17.2 Å². The zero-order chi connectivity index (χ0) is 19.4. The van der Waals surface area contributed by atoms with Crippen LogP contribution in [-0.2, 0) is 4.79 Å². The van der Waals surface area contributed by atoms with E-state index >= 15 is 0 Å². The van der Waals surface area contributed by atoms with Crippen LogP contribution in [0.4, 0.5) is 0 Å². The average molecular weight is 385 g/mol. The molecule has 27 heavy (non-hydrogen) atoms. The van der Waals surface area contributed by atoms with Crippen molar-refractivity contribution in [1.82, 2.24) is 5.01 Å². The second-order valence-corrected chi connectivity index (χ2v) is 8.28. The molecule has 2 aliphatic rings. The normalized spacial score (nSPS) is 20.2. The van der Waals surface area contributed by atoms with Crippen molar-refractivity contribution in [2.45, 2.75) is 51.5 Å². The molecule has 0 bridgehead atoms. The number of allylic oxidation sites excluding steroid dienone is 2. The first-order valence-corrected chi connectivity index (χ1v) is 10.4. The Morgan fingerprint density at radius 3 is 2.52 bits per heavy atom. The molecule has 1 aromatic carbocycles. The molecule has 3 unspecified atom stereocenters. The quantitative estimate of drug-likeness (QED) is 0.392. The molecule has 1 aromatic rings. The summed E-state index contributed by atoms with van der Waals surface area (Å²) in [6, 6.07) is 10.7. The topological polar surface area (TPSA) is 66.6 Å². The Morgan fingerprint density at radius 2 is 1.96 bits per heavy atom. The first-order valence-electron chi connectivity index (χ1n) is 9.56. The summed E-state index contributed by atoms with van der Waals surface area (Å²) in [5.74, 6) is 6.47. The van der Waals surface area contributed by atoms with Crippen LogP contribution in [0.15, 0.2) is 64.1 Å². The smallest absolute Gasteiger partial charge is 0.332 e. The summed E-state index contributed by atoms with van der Waals surface area (Å²) in [6.45, 7) is 4.54. The van der Waals surface area contributed by atoms with Crippen LogP contribution < -0.4 is 5.84 Å². The van der Waals surface area contributed by atoms with Crippen molar-refractivity contribution in [3.05, 3.63) is 69.6 Å². The Balaban J connectivity index is 1.82. The molecule has 5 heteroatoms. The van der Waals surface area contributed by atoms with Crippen molar-refractivity contribution in [3.8, 4) is 0 Å². The number of aliphatic carboxylic acids is 1. The molecule has 0 amide bonds. The molecule has 1 aliphatic heterocycles. The third-order valence-corrected chi connectivity index (χ3v) is 6.74. The van der Waals surface area contributed by atoms with Gasteiger partial charge in [-0.15, -0.1) is 0 Å². The lowest BCUT2D eigenvalue weighted by atomic mass is 9.80. The van der Waals surface area contributed by atoms with E-state index in [0.29, 0.717) is 23.8 Å². The molecule has 1 aliphatic carbocycles. The van der Waals surface area contributed by atoms with Gasteiger partial charge in [0.15, 0.2) is 0 Å². The molecular formula is C22H28N2O2S. The van der Waals surface area contributed by atoms with Crippen LogP contribution in [0.1, 0.15) is 51.0 Å². The summed E-state index contributed by atoms with van der Waals surface area (Å²) >= 11 is 1.41. The van der Waals surface area contributed by atoms with Crippen molar-refractivity contribution >= 4 is 17.7 Å². The standard InChI is InChI=1S/C22H28N2O2S/c1-15(17-8-4-3-5-9-17)16(2)21(18-10-6-7-11-18)24(23)20-13-12-19(14-27-20)22(25)26/h3-5,8-10,13-16,21H,6-7,11-12,23H2,1-2H3,(H,25,26). The van der Waals surface area contributed by atoms with Crippen LogP contribution in [0.3, 0.4) is 0 Å². The van der Waals surface area contributed by atoms with Crippen LogP contribution in [0.2, 0.25) is 0 Å². The van der Waals surface area contributed by atoms with Gasteiger partial charge >= 0.3 is 5.97 Å². The van der Waals surface area contributed by atoms with Crippen molar-refractivity contribution in [1.29, 1.82) is 0 Å². The number of benzene rings is 1. The Labute approximate surface area is 165 Å². The summed E-state index contributed by atoms with van der Waals surface area (Å²) in [4.78, 5) is 11.2. The highest BCUT2D eigenvalue weighted by atomic mass is 32.2. The lowest BCUT2D eigenvalue weighted by Crippen LogP contribution is -2.46. The van der Waals surface area contributed by atoms with Gasteiger partial charge in [-0.1, -0.05) is 67.6 Å². The van der Waals surface area contributed by atoms with E-state index in [1.165, 1.54) is 29.3 Å². The molecule has 0 aromatic heterocycles. The second-order valence-electron chi connectivity index (χ2n) is 7.39. The molecule has 0 fully saturated rings. The van der Waals surface area contributed by atoms with Crippen molar-refractivity contribution < 1.29 is 9.90 Å². The average Bonchev–Trinajstić information content (AvgIpc) is 3.22. The third-order valence-electron chi connectivity index (χ3n) is 5.72. The van der Waals surface area contributed by atoms with Gasteiger partial charge in [-0.2, -0.15) is 0 Å². The molecule has 0 radical (unpaired) electrons. The maximum Gasteiger partial charge on any atom is 0.332 e. The second kappa shape index (κ2) is 8.81. The van der Waals surface area contributed by atoms with Crippen LogP contribution in [-0.4, -0.2) is 22.1 Å². The van der Waals surface area contributed by atoms with Crippen molar-refractivity contribution in [2.75, 3.05) is 0 Å². The largest absolute Gasteiger partial charge is 0.478 e. The van der Waals surface area contributed by atoms with Gasteiger partial charge in [0.1, 0.15) is 0 Å². The first kappa shape index (κ1) is 19.8. The maximum absolute atomic E-state index is 11.2. The van der Waals surface area contributed by atoms with Gasteiger partial charge in [-0.25, -0.2) is 10.6 Å². The number of carbonyl (C=O) groups is 1. The Hall–Kier alpha value is -1.98. The van der Waals surface area contributed by atoms with E-state index in [1.54, 1.807) is 5.41 Å². The molecule has 0 saturated carbocycles. The summed E-state index contributed by atoms with van der Waals surface area (Å²) in [5, 5.41) is 13.7. The molecule has 1 heterocycles. The molecule has 3 rings (SSSR count). The highest BCUT2D eigenvalue weighted by molar-refractivity contribution is 8.05. The summed E-state index contributed by atoms with van der Waals surface area (Å²) in [6.07, 6.45) is 8.07. The molecule has 144 valence electrons. The molecule has 4 nitrogen and oxygen atoms in total. The van der Waals surface area contributed by atoms with E-state index in [-0.39, 0.29) is 6.04 Å². The van der Waals surface area contributed by atoms with Crippen LogP contribution in [0.5, 0.6) is 0 Å². The van der Waals surface area contributed by atoms with Gasteiger partial charge in [0.05, 0.1) is 11.1 Å². The number of nitrogens with two attached hydrogens (primary N) is 1. The van der Waals surface area contributed by atoms with E-state index in [0.717, 1.165) is 17.9 Å². The lowest BCUT2D eigenvalue weighted by Gasteiger charge is -2.39. The van der Waals surface area contributed by atoms with Crippen molar-refractivity contribution in [2.24, 2.45) is 11.8 Å². The van der Waals surface area contributed by atoms with E-state index < -0.39 is 5.97 Å².